The molecule has 0 atom stereocenters. The van der Waals surface area contributed by atoms with Crippen molar-refractivity contribution in [3.05, 3.63) is 59.9 Å². The second kappa shape index (κ2) is 7.93. The fourth-order valence-corrected chi connectivity index (χ4v) is 2.82. The van der Waals surface area contributed by atoms with Crippen molar-refractivity contribution >= 4 is 11.6 Å². The maximum atomic E-state index is 12.6. The van der Waals surface area contributed by atoms with E-state index in [0.29, 0.717) is 5.69 Å². The topological polar surface area (TPSA) is 48.5 Å². The molecule has 0 radical (unpaired) electrons. The summed E-state index contributed by atoms with van der Waals surface area (Å²) in [4.78, 5) is 20.9. The Hall–Kier alpha value is -2.40. The van der Waals surface area contributed by atoms with E-state index in [2.05, 4.69) is 46.5 Å². The number of nitrogens with zero attached hydrogens (tertiary/aromatic N) is 3. The van der Waals surface area contributed by atoms with Crippen LogP contribution in [0.2, 0.25) is 0 Å². The van der Waals surface area contributed by atoms with E-state index in [4.69, 9.17) is 0 Å². The van der Waals surface area contributed by atoms with Crippen LogP contribution in [0, 0.1) is 0 Å². The number of likely N-dealkylation sites (N-methyl/N-ethyl adjacent to an activating group) is 1. The second-order valence-electron chi connectivity index (χ2n) is 6.19. The molecule has 1 saturated heterocycles. The highest BCUT2D eigenvalue weighted by Crippen LogP contribution is 2.12. The number of benzene rings is 1. The number of carbonyl (C=O) groups is 1. The molecule has 24 heavy (non-hydrogen) atoms. The number of rotatable bonds is 5. The van der Waals surface area contributed by atoms with Crippen LogP contribution in [-0.2, 0) is 6.42 Å². The van der Waals surface area contributed by atoms with E-state index in [9.17, 15) is 4.79 Å². The third-order valence-corrected chi connectivity index (χ3v) is 4.36. The zero-order chi connectivity index (χ0) is 16.8. The molecule has 0 spiro atoms. The zero-order valence-corrected chi connectivity index (χ0v) is 14.1. The molecule has 1 fully saturated rings. The van der Waals surface area contributed by atoms with Crippen LogP contribution in [-0.4, -0.2) is 60.5 Å². The lowest BCUT2D eigenvalue weighted by Gasteiger charge is -2.32. The molecule has 1 aromatic heterocycles. The van der Waals surface area contributed by atoms with Gasteiger partial charge < -0.3 is 15.1 Å². The number of hydrogen-bond acceptors (Lipinski definition) is 4. The Labute approximate surface area is 143 Å². The molecule has 1 aliphatic rings. The van der Waals surface area contributed by atoms with Gasteiger partial charge in [-0.1, -0.05) is 30.3 Å². The van der Waals surface area contributed by atoms with Crippen molar-refractivity contribution in [2.45, 2.75) is 6.42 Å². The first kappa shape index (κ1) is 16.5. The third-order valence-electron chi connectivity index (χ3n) is 4.36. The summed E-state index contributed by atoms with van der Waals surface area (Å²) in [6, 6.07) is 14.1. The van der Waals surface area contributed by atoms with Crippen LogP contribution in [0.25, 0.3) is 0 Å². The maximum absolute atomic E-state index is 12.6. The predicted molar refractivity (Wildman–Crippen MR) is 96.3 cm³/mol. The van der Waals surface area contributed by atoms with Crippen LogP contribution >= 0.6 is 0 Å². The van der Waals surface area contributed by atoms with Gasteiger partial charge in [0.25, 0.3) is 5.91 Å². The van der Waals surface area contributed by atoms with Crippen molar-refractivity contribution in [3.8, 4) is 0 Å². The Morgan fingerprint density at radius 1 is 1.12 bits per heavy atom. The lowest BCUT2D eigenvalue weighted by atomic mass is 10.1. The van der Waals surface area contributed by atoms with Crippen molar-refractivity contribution in [1.82, 2.24) is 14.8 Å². The first-order valence-corrected chi connectivity index (χ1v) is 8.44. The summed E-state index contributed by atoms with van der Waals surface area (Å²) in [6.07, 6.45) is 2.65. The van der Waals surface area contributed by atoms with E-state index < -0.39 is 0 Å². The van der Waals surface area contributed by atoms with Crippen LogP contribution in [0.1, 0.15) is 16.1 Å². The molecule has 2 heterocycles. The Kier molecular flexibility index (Phi) is 5.43. The fraction of sp³-hybridized carbons (Fsp3) is 0.368. The number of aromatic nitrogens is 1. The minimum atomic E-state index is 0.0230. The summed E-state index contributed by atoms with van der Waals surface area (Å²) < 4.78 is 0. The van der Waals surface area contributed by atoms with E-state index in [-0.39, 0.29) is 5.91 Å². The average molecular weight is 324 g/mol. The summed E-state index contributed by atoms with van der Waals surface area (Å²) in [5, 5.41) is 3.38. The van der Waals surface area contributed by atoms with Crippen LogP contribution in [0.5, 0.6) is 0 Å². The van der Waals surface area contributed by atoms with Gasteiger partial charge in [0.05, 0.1) is 0 Å². The quantitative estimate of drug-likeness (QED) is 0.915. The number of anilines is 1. The molecule has 0 aliphatic carbocycles. The number of carbonyl (C=O) groups excluding carboxylic acids is 1. The number of nitrogens with one attached hydrogen (secondary N) is 1. The average Bonchev–Trinajstić information content (AvgIpc) is 2.63. The highest BCUT2D eigenvalue weighted by atomic mass is 16.2. The highest BCUT2D eigenvalue weighted by Gasteiger charge is 2.21. The minimum absolute atomic E-state index is 0.0230. The summed E-state index contributed by atoms with van der Waals surface area (Å²) in [5.74, 6) is 0.0230. The van der Waals surface area contributed by atoms with Gasteiger partial charge in [0, 0.05) is 44.6 Å². The summed E-state index contributed by atoms with van der Waals surface area (Å²) in [6.45, 7) is 4.20. The Bertz CT molecular complexity index is 666. The molecule has 1 N–H and O–H groups in total. The third kappa shape index (κ3) is 4.32. The molecule has 2 aromatic rings. The van der Waals surface area contributed by atoms with E-state index in [1.807, 2.05) is 23.1 Å². The Morgan fingerprint density at radius 3 is 2.62 bits per heavy atom. The number of amides is 1. The molecular weight excluding hydrogens is 300 g/mol. The van der Waals surface area contributed by atoms with Gasteiger partial charge in [-0.05, 0) is 31.2 Å². The van der Waals surface area contributed by atoms with Crippen LogP contribution in [0.4, 0.5) is 5.69 Å². The molecular formula is C19H24N4O. The largest absolute Gasteiger partial charge is 0.385 e. The van der Waals surface area contributed by atoms with Crippen molar-refractivity contribution < 1.29 is 4.79 Å². The normalized spacial score (nSPS) is 15.3. The molecule has 126 valence electrons. The summed E-state index contributed by atoms with van der Waals surface area (Å²) in [7, 11) is 2.08. The molecule has 5 heteroatoms. The molecule has 0 bridgehead atoms. The van der Waals surface area contributed by atoms with Crippen molar-refractivity contribution in [1.29, 1.82) is 0 Å². The van der Waals surface area contributed by atoms with Crippen molar-refractivity contribution in [2.75, 3.05) is 45.1 Å². The first-order chi connectivity index (χ1) is 11.7. The number of piperazine rings is 1. The monoisotopic (exact) mass is 324 g/mol. The molecule has 1 aliphatic heterocycles. The summed E-state index contributed by atoms with van der Waals surface area (Å²) >= 11 is 0. The van der Waals surface area contributed by atoms with Crippen molar-refractivity contribution in [3.63, 3.8) is 0 Å². The van der Waals surface area contributed by atoms with E-state index in [1.165, 1.54) is 5.56 Å². The van der Waals surface area contributed by atoms with Gasteiger partial charge in [-0.2, -0.15) is 0 Å². The lowest BCUT2D eigenvalue weighted by Crippen LogP contribution is -2.47. The van der Waals surface area contributed by atoms with Crippen molar-refractivity contribution in [2.24, 2.45) is 0 Å². The Morgan fingerprint density at radius 2 is 1.88 bits per heavy atom. The zero-order valence-electron chi connectivity index (χ0n) is 14.1. The first-order valence-electron chi connectivity index (χ1n) is 8.44. The summed E-state index contributed by atoms with van der Waals surface area (Å²) in [5.41, 5.74) is 2.76. The molecule has 3 rings (SSSR count). The van der Waals surface area contributed by atoms with Crippen LogP contribution in [0.15, 0.2) is 48.7 Å². The highest BCUT2D eigenvalue weighted by molar-refractivity contribution is 5.93. The van der Waals surface area contributed by atoms with Gasteiger partial charge in [0.2, 0.25) is 0 Å². The standard InChI is InChI=1S/C19H24N4O/c1-22-11-13-23(14-12-22)19(24)18-15-17(8-10-21-18)20-9-7-16-5-3-2-4-6-16/h2-6,8,10,15H,7,9,11-14H2,1H3,(H,20,21). The van der Waals surface area contributed by atoms with Gasteiger partial charge >= 0.3 is 0 Å². The smallest absolute Gasteiger partial charge is 0.272 e. The minimum Gasteiger partial charge on any atom is -0.385 e. The molecule has 0 unspecified atom stereocenters. The number of hydrogen-bond donors (Lipinski definition) is 1. The Balaban J connectivity index is 1.56. The predicted octanol–water partition coefficient (Wildman–Crippen LogP) is 2.12. The second-order valence-corrected chi connectivity index (χ2v) is 6.19. The van der Waals surface area contributed by atoms with E-state index >= 15 is 0 Å². The molecule has 1 amide bonds. The molecule has 0 saturated carbocycles. The van der Waals surface area contributed by atoms with E-state index in [1.54, 1.807) is 6.20 Å². The van der Waals surface area contributed by atoms with Gasteiger partial charge in [0.1, 0.15) is 5.69 Å². The van der Waals surface area contributed by atoms with Gasteiger partial charge in [-0.25, -0.2) is 0 Å². The van der Waals surface area contributed by atoms with Gasteiger partial charge in [0.15, 0.2) is 0 Å². The van der Waals surface area contributed by atoms with Gasteiger partial charge in [-0.15, -0.1) is 0 Å². The SMILES string of the molecule is CN1CCN(C(=O)c2cc(NCCc3ccccc3)ccn2)CC1. The van der Waals surface area contributed by atoms with E-state index in [0.717, 1.165) is 44.8 Å². The number of pyridine rings is 1. The maximum Gasteiger partial charge on any atom is 0.272 e. The molecule has 5 nitrogen and oxygen atoms in total. The van der Waals surface area contributed by atoms with Crippen LogP contribution < -0.4 is 5.32 Å². The fourth-order valence-electron chi connectivity index (χ4n) is 2.82. The van der Waals surface area contributed by atoms with Gasteiger partial charge in [-0.3, -0.25) is 9.78 Å². The molecule has 1 aromatic carbocycles. The van der Waals surface area contributed by atoms with Crippen LogP contribution in [0.3, 0.4) is 0 Å². The lowest BCUT2D eigenvalue weighted by molar-refractivity contribution is 0.0658.